The Labute approximate surface area is 121 Å². The number of carbonyl (C=O) groups is 1. The minimum atomic E-state index is -0.494. The number of carbonyl (C=O) groups excluding carboxylic acids is 1. The minimum absolute atomic E-state index is 0. The number of hydrogen-bond acceptors (Lipinski definition) is 2. The van der Waals surface area contributed by atoms with Crippen LogP contribution in [0.5, 0.6) is 0 Å². The molecule has 0 aromatic heterocycles. The van der Waals surface area contributed by atoms with Gasteiger partial charge in [-0.3, -0.25) is 4.79 Å². The molecular formula is C15H23ClN2O. The van der Waals surface area contributed by atoms with Gasteiger partial charge in [0.25, 0.3) is 0 Å². The number of hydrogen-bond donors (Lipinski definition) is 2. The molecule has 1 aromatic carbocycles. The van der Waals surface area contributed by atoms with E-state index >= 15 is 0 Å². The van der Waals surface area contributed by atoms with E-state index in [0.29, 0.717) is 6.54 Å². The highest BCUT2D eigenvalue weighted by molar-refractivity contribution is 5.85. The topological polar surface area (TPSA) is 55.1 Å². The molecule has 0 radical (unpaired) electrons. The van der Waals surface area contributed by atoms with Gasteiger partial charge in [0.2, 0.25) is 5.91 Å². The third-order valence-corrected chi connectivity index (χ3v) is 3.80. The van der Waals surface area contributed by atoms with E-state index in [2.05, 4.69) is 23.5 Å². The number of aryl methyl sites for hydroxylation is 1. The average Bonchev–Trinajstić information content (AvgIpc) is 2.39. The zero-order valence-corrected chi connectivity index (χ0v) is 12.4. The average molecular weight is 283 g/mol. The van der Waals surface area contributed by atoms with Crippen molar-refractivity contribution in [1.29, 1.82) is 0 Å². The first-order valence-corrected chi connectivity index (χ1v) is 6.63. The van der Waals surface area contributed by atoms with E-state index in [1.165, 1.54) is 11.1 Å². The molecule has 1 atom stereocenters. The summed E-state index contributed by atoms with van der Waals surface area (Å²) in [6.07, 6.45) is 3.26. The second-order valence-electron chi connectivity index (χ2n) is 5.71. The van der Waals surface area contributed by atoms with Crippen LogP contribution in [-0.4, -0.2) is 12.5 Å². The summed E-state index contributed by atoms with van der Waals surface area (Å²) in [6, 6.07) is 8.52. The summed E-state index contributed by atoms with van der Waals surface area (Å²) in [5.41, 5.74) is 7.78. The SMILES string of the molecule is CC(C)(CN)C(=O)NC1CCCc2ccccc21.Cl. The van der Waals surface area contributed by atoms with Gasteiger partial charge in [-0.25, -0.2) is 0 Å². The molecule has 0 aliphatic heterocycles. The summed E-state index contributed by atoms with van der Waals surface area (Å²) < 4.78 is 0. The van der Waals surface area contributed by atoms with E-state index in [-0.39, 0.29) is 24.4 Å². The summed E-state index contributed by atoms with van der Waals surface area (Å²) in [6.45, 7) is 4.14. The molecule has 1 aliphatic rings. The molecule has 0 heterocycles. The fourth-order valence-electron chi connectivity index (χ4n) is 2.35. The monoisotopic (exact) mass is 282 g/mol. The molecule has 19 heavy (non-hydrogen) atoms. The molecule has 1 aliphatic carbocycles. The van der Waals surface area contributed by atoms with Crippen molar-refractivity contribution in [2.24, 2.45) is 11.1 Å². The predicted octanol–water partition coefficient (Wildman–Crippen LogP) is 2.59. The normalized spacial score (nSPS) is 18.2. The fraction of sp³-hybridized carbons (Fsp3) is 0.533. The van der Waals surface area contributed by atoms with Crippen LogP contribution < -0.4 is 11.1 Å². The number of nitrogens with two attached hydrogens (primary N) is 1. The summed E-state index contributed by atoms with van der Waals surface area (Å²) in [5, 5.41) is 3.15. The first-order chi connectivity index (χ1) is 8.54. The van der Waals surface area contributed by atoms with Crippen LogP contribution in [-0.2, 0) is 11.2 Å². The van der Waals surface area contributed by atoms with E-state index < -0.39 is 5.41 Å². The van der Waals surface area contributed by atoms with Crippen LogP contribution in [0.4, 0.5) is 0 Å². The van der Waals surface area contributed by atoms with Gasteiger partial charge in [-0.1, -0.05) is 24.3 Å². The smallest absolute Gasteiger partial charge is 0.227 e. The lowest BCUT2D eigenvalue weighted by Gasteiger charge is -2.30. The first kappa shape index (κ1) is 16.0. The van der Waals surface area contributed by atoms with Gasteiger partial charge in [0.1, 0.15) is 0 Å². The van der Waals surface area contributed by atoms with Crippen molar-refractivity contribution in [1.82, 2.24) is 5.32 Å². The van der Waals surface area contributed by atoms with Crippen molar-refractivity contribution in [3.63, 3.8) is 0 Å². The Hall–Kier alpha value is -1.06. The summed E-state index contributed by atoms with van der Waals surface area (Å²) >= 11 is 0. The lowest BCUT2D eigenvalue weighted by molar-refractivity contribution is -0.129. The van der Waals surface area contributed by atoms with Crippen LogP contribution in [0.1, 0.15) is 43.9 Å². The van der Waals surface area contributed by atoms with E-state index in [4.69, 9.17) is 5.73 Å². The number of amides is 1. The zero-order valence-electron chi connectivity index (χ0n) is 11.6. The van der Waals surface area contributed by atoms with Crippen LogP contribution in [0.25, 0.3) is 0 Å². The molecule has 4 heteroatoms. The molecular weight excluding hydrogens is 260 g/mol. The van der Waals surface area contributed by atoms with Gasteiger partial charge in [-0.2, -0.15) is 0 Å². The summed E-state index contributed by atoms with van der Waals surface area (Å²) in [4.78, 5) is 12.2. The third kappa shape index (κ3) is 3.48. The fourth-order valence-corrected chi connectivity index (χ4v) is 2.35. The second-order valence-corrected chi connectivity index (χ2v) is 5.71. The Balaban J connectivity index is 0.00000180. The molecule has 1 aromatic rings. The largest absolute Gasteiger partial charge is 0.349 e. The predicted molar refractivity (Wildman–Crippen MR) is 80.3 cm³/mol. The lowest BCUT2D eigenvalue weighted by Crippen LogP contribution is -2.43. The number of rotatable bonds is 3. The maximum absolute atomic E-state index is 12.2. The van der Waals surface area contributed by atoms with E-state index in [1.54, 1.807) is 0 Å². The van der Waals surface area contributed by atoms with Crippen molar-refractivity contribution >= 4 is 18.3 Å². The quantitative estimate of drug-likeness (QED) is 0.895. The van der Waals surface area contributed by atoms with E-state index in [0.717, 1.165) is 19.3 Å². The third-order valence-electron chi connectivity index (χ3n) is 3.80. The van der Waals surface area contributed by atoms with Crippen molar-refractivity contribution in [3.05, 3.63) is 35.4 Å². The van der Waals surface area contributed by atoms with Crippen LogP contribution in [0, 0.1) is 5.41 Å². The molecule has 1 unspecified atom stereocenters. The van der Waals surface area contributed by atoms with Gasteiger partial charge < -0.3 is 11.1 Å². The van der Waals surface area contributed by atoms with Gasteiger partial charge in [-0.15, -0.1) is 12.4 Å². The van der Waals surface area contributed by atoms with Crippen molar-refractivity contribution < 1.29 is 4.79 Å². The Morgan fingerprint density at radius 2 is 2.11 bits per heavy atom. The van der Waals surface area contributed by atoms with Gasteiger partial charge >= 0.3 is 0 Å². The number of nitrogens with one attached hydrogen (secondary N) is 1. The molecule has 0 saturated carbocycles. The second kappa shape index (κ2) is 6.40. The number of halogens is 1. The van der Waals surface area contributed by atoms with Crippen molar-refractivity contribution in [3.8, 4) is 0 Å². The first-order valence-electron chi connectivity index (χ1n) is 6.63. The highest BCUT2D eigenvalue weighted by Crippen LogP contribution is 2.30. The zero-order chi connectivity index (χ0) is 13.2. The molecule has 3 N–H and O–H groups in total. The standard InChI is InChI=1S/C15H22N2O.ClH/c1-15(2,10-16)14(18)17-13-9-5-7-11-6-3-4-8-12(11)13;/h3-4,6,8,13H,5,7,9-10,16H2,1-2H3,(H,17,18);1H. The molecule has 0 saturated heterocycles. The highest BCUT2D eigenvalue weighted by Gasteiger charge is 2.29. The highest BCUT2D eigenvalue weighted by atomic mass is 35.5. The molecule has 3 nitrogen and oxygen atoms in total. The molecule has 0 fully saturated rings. The Kier molecular flexibility index (Phi) is 5.39. The minimum Gasteiger partial charge on any atom is -0.349 e. The maximum Gasteiger partial charge on any atom is 0.227 e. The van der Waals surface area contributed by atoms with Crippen LogP contribution >= 0.6 is 12.4 Å². The van der Waals surface area contributed by atoms with Crippen LogP contribution in [0.15, 0.2) is 24.3 Å². The van der Waals surface area contributed by atoms with Gasteiger partial charge in [0.15, 0.2) is 0 Å². The molecule has 2 rings (SSSR count). The number of benzene rings is 1. The van der Waals surface area contributed by atoms with Gasteiger partial charge in [0.05, 0.1) is 11.5 Å². The number of fused-ring (bicyclic) bond motifs is 1. The molecule has 0 spiro atoms. The molecule has 106 valence electrons. The maximum atomic E-state index is 12.2. The van der Waals surface area contributed by atoms with E-state index in [1.807, 2.05) is 19.9 Å². The molecule has 1 amide bonds. The summed E-state index contributed by atoms with van der Waals surface area (Å²) in [5.74, 6) is 0.0479. The summed E-state index contributed by atoms with van der Waals surface area (Å²) in [7, 11) is 0. The van der Waals surface area contributed by atoms with Crippen molar-refractivity contribution in [2.45, 2.75) is 39.2 Å². The van der Waals surface area contributed by atoms with E-state index in [9.17, 15) is 4.79 Å². The molecule has 0 bridgehead atoms. The Morgan fingerprint density at radius 3 is 2.79 bits per heavy atom. The lowest BCUT2D eigenvalue weighted by atomic mass is 9.86. The van der Waals surface area contributed by atoms with Crippen LogP contribution in [0.2, 0.25) is 0 Å². The van der Waals surface area contributed by atoms with Crippen molar-refractivity contribution in [2.75, 3.05) is 6.54 Å². The Bertz CT molecular complexity index is 446. The Morgan fingerprint density at radius 1 is 1.42 bits per heavy atom. The van der Waals surface area contributed by atoms with Gasteiger partial charge in [-0.05, 0) is 44.2 Å². The van der Waals surface area contributed by atoms with Crippen LogP contribution in [0.3, 0.4) is 0 Å². The van der Waals surface area contributed by atoms with Gasteiger partial charge in [0, 0.05) is 6.54 Å².